The van der Waals surface area contributed by atoms with Crippen LogP contribution in [0, 0.1) is 0 Å². The van der Waals surface area contributed by atoms with Crippen molar-refractivity contribution < 1.29 is 4.79 Å². The lowest BCUT2D eigenvalue weighted by Crippen LogP contribution is -2.09. The largest absolute Gasteiger partial charge is 0.369 e. The van der Waals surface area contributed by atoms with E-state index in [9.17, 15) is 4.79 Å². The van der Waals surface area contributed by atoms with Crippen molar-refractivity contribution >= 4 is 12.2 Å². The molecule has 0 N–H and O–H groups in total. The van der Waals surface area contributed by atoms with Gasteiger partial charge in [0.1, 0.15) is 0 Å². The van der Waals surface area contributed by atoms with E-state index in [0.29, 0.717) is 6.42 Å². The summed E-state index contributed by atoms with van der Waals surface area (Å²) in [6.45, 7) is 1.79. The molecule has 0 fully saturated rings. The molecule has 1 amide bonds. The van der Waals surface area contributed by atoms with Crippen molar-refractivity contribution in [3.8, 4) is 0 Å². The maximum absolute atomic E-state index is 10.5. The van der Waals surface area contributed by atoms with E-state index >= 15 is 0 Å². The third kappa shape index (κ3) is 5.00. The maximum Gasteiger partial charge on any atom is 0.246 e. The van der Waals surface area contributed by atoms with Crippen molar-refractivity contribution in [3.63, 3.8) is 0 Å². The summed E-state index contributed by atoms with van der Waals surface area (Å²) in [5.41, 5.74) is 0. The van der Waals surface area contributed by atoms with Crippen LogP contribution in [-0.2, 0) is 4.79 Å². The van der Waals surface area contributed by atoms with E-state index in [1.54, 1.807) is 11.8 Å². The molecular formula is C6H12N2O. The van der Waals surface area contributed by atoms with E-state index in [-0.39, 0.29) is 5.91 Å². The van der Waals surface area contributed by atoms with Crippen molar-refractivity contribution in [2.45, 2.75) is 13.3 Å². The van der Waals surface area contributed by atoms with Crippen molar-refractivity contribution in [2.75, 3.05) is 14.1 Å². The van der Waals surface area contributed by atoms with Gasteiger partial charge in [-0.1, -0.05) is 6.92 Å². The fourth-order valence-electron chi connectivity index (χ4n) is 0.271. The van der Waals surface area contributed by atoms with Crippen LogP contribution >= 0.6 is 0 Å². The number of aliphatic imine (C=N–C) groups is 1. The number of amides is 1. The fraction of sp³-hybridized carbons (Fsp3) is 0.667. The van der Waals surface area contributed by atoms with Crippen LogP contribution in [0.25, 0.3) is 0 Å². The van der Waals surface area contributed by atoms with Gasteiger partial charge in [0.05, 0.1) is 6.34 Å². The molecule has 0 radical (unpaired) electrons. The van der Waals surface area contributed by atoms with Gasteiger partial charge in [-0.15, -0.1) is 0 Å². The van der Waals surface area contributed by atoms with Crippen LogP contribution < -0.4 is 0 Å². The van der Waals surface area contributed by atoms with Gasteiger partial charge in [-0.3, -0.25) is 4.79 Å². The third-order valence-corrected chi connectivity index (χ3v) is 0.735. The smallest absolute Gasteiger partial charge is 0.246 e. The summed E-state index contributed by atoms with van der Waals surface area (Å²) in [7, 11) is 3.65. The van der Waals surface area contributed by atoms with Crippen LogP contribution in [0.5, 0.6) is 0 Å². The van der Waals surface area contributed by atoms with E-state index in [1.165, 1.54) is 6.34 Å². The van der Waals surface area contributed by atoms with Gasteiger partial charge in [-0.2, -0.15) is 0 Å². The molecule has 0 aliphatic heterocycles. The molecule has 0 aromatic heterocycles. The first-order chi connectivity index (χ1) is 4.16. The van der Waals surface area contributed by atoms with E-state index in [2.05, 4.69) is 4.99 Å². The zero-order valence-corrected chi connectivity index (χ0v) is 6.09. The van der Waals surface area contributed by atoms with Crippen LogP contribution in [0.3, 0.4) is 0 Å². The second-order valence-corrected chi connectivity index (χ2v) is 1.96. The normalized spacial score (nSPS) is 10.1. The molecule has 0 aromatic carbocycles. The Morgan fingerprint density at radius 3 is 2.56 bits per heavy atom. The Hall–Kier alpha value is -0.860. The molecule has 0 aliphatic carbocycles. The Bertz CT molecular complexity index is 118. The standard InChI is InChI=1S/C6H12N2O/c1-4-6(9)7-5-8(2)3/h5H,4H2,1-3H3/b7-5+. The first kappa shape index (κ1) is 8.14. The number of nitrogens with zero attached hydrogens (tertiary/aromatic N) is 2. The second kappa shape index (κ2) is 4.06. The molecule has 0 spiro atoms. The van der Waals surface area contributed by atoms with Gasteiger partial charge in [0.15, 0.2) is 0 Å². The minimum Gasteiger partial charge on any atom is -0.369 e. The molecule has 0 atom stereocenters. The predicted octanol–water partition coefficient (Wildman–Crippen LogP) is 0.513. The first-order valence-corrected chi connectivity index (χ1v) is 2.90. The van der Waals surface area contributed by atoms with E-state index in [1.807, 2.05) is 14.1 Å². The Morgan fingerprint density at radius 2 is 2.22 bits per heavy atom. The SMILES string of the molecule is CCC(=O)/N=C/N(C)C. The number of rotatable bonds is 2. The average molecular weight is 128 g/mol. The monoisotopic (exact) mass is 128 g/mol. The van der Waals surface area contributed by atoms with Gasteiger partial charge in [0.2, 0.25) is 5.91 Å². The predicted molar refractivity (Wildman–Crippen MR) is 37.5 cm³/mol. The Morgan fingerprint density at radius 1 is 1.67 bits per heavy atom. The zero-order chi connectivity index (χ0) is 7.28. The lowest BCUT2D eigenvalue weighted by Gasteiger charge is -1.99. The summed E-state index contributed by atoms with van der Waals surface area (Å²) < 4.78 is 0. The first-order valence-electron chi connectivity index (χ1n) is 2.90. The summed E-state index contributed by atoms with van der Waals surface area (Å²) in [5, 5.41) is 0. The van der Waals surface area contributed by atoms with Gasteiger partial charge >= 0.3 is 0 Å². The van der Waals surface area contributed by atoms with E-state index in [0.717, 1.165) is 0 Å². The van der Waals surface area contributed by atoms with Crippen molar-refractivity contribution in [1.82, 2.24) is 4.90 Å². The van der Waals surface area contributed by atoms with Crippen molar-refractivity contribution in [3.05, 3.63) is 0 Å². The van der Waals surface area contributed by atoms with Crippen LogP contribution in [0.1, 0.15) is 13.3 Å². The molecule has 0 rings (SSSR count). The van der Waals surface area contributed by atoms with Crippen LogP contribution in [0.2, 0.25) is 0 Å². The van der Waals surface area contributed by atoms with E-state index in [4.69, 9.17) is 0 Å². The summed E-state index contributed by atoms with van der Waals surface area (Å²) in [6.07, 6.45) is 1.98. The summed E-state index contributed by atoms with van der Waals surface area (Å²) in [4.78, 5) is 15.8. The minimum atomic E-state index is -0.0799. The molecule has 3 nitrogen and oxygen atoms in total. The summed E-state index contributed by atoms with van der Waals surface area (Å²) in [6, 6.07) is 0. The van der Waals surface area contributed by atoms with E-state index < -0.39 is 0 Å². The van der Waals surface area contributed by atoms with Gasteiger partial charge in [-0.25, -0.2) is 4.99 Å². The highest BCUT2D eigenvalue weighted by molar-refractivity contribution is 5.83. The number of hydrogen-bond donors (Lipinski definition) is 0. The molecule has 9 heavy (non-hydrogen) atoms. The molecule has 0 saturated heterocycles. The molecule has 3 heteroatoms. The molecule has 0 heterocycles. The molecule has 0 aromatic rings. The van der Waals surface area contributed by atoms with Crippen molar-refractivity contribution in [2.24, 2.45) is 4.99 Å². The second-order valence-electron chi connectivity index (χ2n) is 1.96. The zero-order valence-electron chi connectivity index (χ0n) is 6.09. The molecule has 0 bridgehead atoms. The Kier molecular flexibility index (Phi) is 3.67. The molecule has 52 valence electrons. The third-order valence-electron chi connectivity index (χ3n) is 0.735. The lowest BCUT2D eigenvalue weighted by molar-refractivity contribution is -0.117. The average Bonchev–Trinajstić information content (AvgIpc) is 1.83. The number of carbonyl (C=O) groups is 1. The summed E-state index contributed by atoms with van der Waals surface area (Å²) in [5.74, 6) is -0.0799. The lowest BCUT2D eigenvalue weighted by atomic mass is 10.5. The Labute approximate surface area is 55.4 Å². The highest BCUT2D eigenvalue weighted by atomic mass is 16.1. The highest BCUT2D eigenvalue weighted by Crippen LogP contribution is 1.79. The maximum atomic E-state index is 10.5. The summed E-state index contributed by atoms with van der Waals surface area (Å²) >= 11 is 0. The molecular weight excluding hydrogens is 116 g/mol. The molecule has 0 unspecified atom stereocenters. The van der Waals surface area contributed by atoms with Gasteiger partial charge in [-0.05, 0) is 0 Å². The fourth-order valence-corrected chi connectivity index (χ4v) is 0.271. The van der Waals surface area contributed by atoms with Crippen LogP contribution in [0.15, 0.2) is 4.99 Å². The van der Waals surface area contributed by atoms with Gasteiger partial charge < -0.3 is 4.90 Å². The Balaban J connectivity index is 3.57. The van der Waals surface area contributed by atoms with Gasteiger partial charge in [0.25, 0.3) is 0 Å². The number of hydrogen-bond acceptors (Lipinski definition) is 1. The molecule has 0 aliphatic rings. The topological polar surface area (TPSA) is 32.7 Å². The number of carbonyl (C=O) groups excluding carboxylic acids is 1. The van der Waals surface area contributed by atoms with Gasteiger partial charge in [0, 0.05) is 20.5 Å². The van der Waals surface area contributed by atoms with Crippen LogP contribution in [0.4, 0.5) is 0 Å². The van der Waals surface area contributed by atoms with Crippen molar-refractivity contribution in [1.29, 1.82) is 0 Å². The quantitative estimate of drug-likeness (QED) is 0.401. The minimum absolute atomic E-state index is 0.0799. The molecule has 0 saturated carbocycles. The highest BCUT2D eigenvalue weighted by Gasteiger charge is 1.88. The van der Waals surface area contributed by atoms with Crippen LogP contribution in [-0.4, -0.2) is 31.2 Å².